The topological polar surface area (TPSA) is 57.3 Å². The number of carbonyl (C=O) groups excluding carboxylic acids is 1. The molecule has 126 valence electrons. The summed E-state index contributed by atoms with van der Waals surface area (Å²) in [5.74, 6) is 0.949. The Hall–Kier alpha value is -1.78. The van der Waals surface area contributed by atoms with E-state index in [1.807, 2.05) is 29.3 Å². The van der Waals surface area contributed by atoms with Crippen LogP contribution in [-0.4, -0.2) is 41.1 Å². The first-order chi connectivity index (χ1) is 11.3. The summed E-state index contributed by atoms with van der Waals surface area (Å²) in [5.41, 5.74) is 0. The average Bonchev–Trinajstić information content (AvgIpc) is 2.87. The van der Waals surface area contributed by atoms with Gasteiger partial charge in [-0.2, -0.15) is 0 Å². The largest absolute Gasteiger partial charge is 0.367 e. The Morgan fingerprint density at radius 3 is 2.35 bits per heavy atom. The van der Waals surface area contributed by atoms with Gasteiger partial charge in [0.1, 0.15) is 5.82 Å². The van der Waals surface area contributed by atoms with Crippen LogP contribution in [0.25, 0.3) is 0 Å². The summed E-state index contributed by atoms with van der Waals surface area (Å²) in [6.07, 6.45) is 10.9. The molecule has 1 saturated heterocycles. The van der Waals surface area contributed by atoms with Crippen LogP contribution < -0.4 is 10.6 Å². The summed E-state index contributed by atoms with van der Waals surface area (Å²) >= 11 is 0. The zero-order chi connectivity index (χ0) is 15.9. The predicted octanol–water partition coefficient (Wildman–Crippen LogP) is 3.39. The summed E-state index contributed by atoms with van der Waals surface area (Å²) in [4.78, 5) is 18.7. The summed E-state index contributed by atoms with van der Waals surface area (Å²) in [7, 11) is 0. The lowest BCUT2D eigenvalue weighted by molar-refractivity contribution is 0.191. The van der Waals surface area contributed by atoms with E-state index >= 15 is 0 Å². The maximum atomic E-state index is 12.4. The molecule has 0 spiro atoms. The van der Waals surface area contributed by atoms with Crippen LogP contribution in [0.2, 0.25) is 0 Å². The monoisotopic (exact) mass is 316 g/mol. The maximum Gasteiger partial charge on any atom is 0.317 e. The number of anilines is 1. The number of hydrogen-bond acceptors (Lipinski definition) is 3. The van der Waals surface area contributed by atoms with Crippen LogP contribution in [0.4, 0.5) is 10.6 Å². The van der Waals surface area contributed by atoms with Gasteiger partial charge >= 0.3 is 6.03 Å². The Bertz CT molecular complexity index is 477. The molecule has 1 aromatic heterocycles. The molecule has 0 unspecified atom stereocenters. The van der Waals surface area contributed by atoms with Gasteiger partial charge in [-0.05, 0) is 50.7 Å². The van der Waals surface area contributed by atoms with Gasteiger partial charge in [-0.15, -0.1) is 0 Å². The number of nitrogens with one attached hydrogen (secondary N) is 2. The van der Waals surface area contributed by atoms with E-state index in [1.54, 1.807) is 0 Å². The second-order valence-corrected chi connectivity index (χ2v) is 6.76. The van der Waals surface area contributed by atoms with Gasteiger partial charge in [0.25, 0.3) is 0 Å². The fourth-order valence-electron chi connectivity index (χ4n) is 3.58. The van der Waals surface area contributed by atoms with Crippen molar-refractivity contribution in [3.05, 3.63) is 24.4 Å². The van der Waals surface area contributed by atoms with E-state index in [4.69, 9.17) is 0 Å². The lowest BCUT2D eigenvalue weighted by Crippen LogP contribution is -2.47. The molecule has 1 saturated carbocycles. The first-order valence-electron chi connectivity index (χ1n) is 9.04. The first-order valence-corrected chi connectivity index (χ1v) is 9.04. The molecule has 5 nitrogen and oxygen atoms in total. The summed E-state index contributed by atoms with van der Waals surface area (Å²) in [6.45, 7) is 1.84. The Labute approximate surface area is 138 Å². The molecule has 1 aliphatic carbocycles. The number of nitrogens with zero attached hydrogens (tertiary/aromatic N) is 2. The number of carbonyl (C=O) groups is 1. The Morgan fingerprint density at radius 1 is 1.00 bits per heavy atom. The van der Waals surface area contributed by atoms with E-state index in [0.717, 1.165) is 57.4 Å². The predicted molar refractivity (Wildman–Crippen MR) is 92.5 cm³/mol. The minimum atomic E-state index is 0.146. The van der Waals surface area contributed by atoms with Crippen molar-refractivity contribution < 1.29 is 4.79 Å². The fourth-order valence-corrected chi connectivity index (χ4v) is 3.58. The highest BCUT2D eigenvalue weighted by molar-refractivity contribution is 5.74. The third-order valence-corrected chi connectivity index (χ3v) is 4.96. The molecule has 23 heavy (non-hydrogen) atoms. The van der Waals surface area contributed by atoms with Crippen molar-refractivity contribution in [2.24, 2.45) is 0 Å². The SMILES string of the molecule is O=C(NC1CCC(Nc2ccccn2)CC1)N1CCCCCC1. The molecule has 0 atom stereocenters. The zero-order valence-corrected chi connectivity index (χ0v) is 13.8. The molecular formula is C18H28N4O. The van der Waals surface area contributed by atoms with Gasteiger partial charge in [0.2, 0.25) is 0 Å². The number of urea groups is 1. The molecule has 2 amide bonds. The van der Waals surface area contributed by atoms with E-state index in [2.05, 4.69) is 15.6 Å². The number of likely N-dealkylation sites (tertiary alicyclic amines) is 1. The van der Waals surface area contributed by atoms with Crippen LogP contribution in [0, 0.1) is 0 Å². The van der Waals surface area contributed by atoms with Crippen molar-refractivity contribution in [3.63, 3.8) is 0 Å². The normalized spacial score (nSPS) is 25.5. The van der Waals surface area contributed by atoms with Gasteiger partial charge in [-0.1, -0.05) is 18.9 Å². The summed E-state index contributed by atoms with van der Waals surface area (Å²) in [5, 5.41) is 6.74. The molecule has 2 aliphatic rings. The van der Waals surface area contributed by atoms with Crippen molar-refractivity contribution in [2.75, 3.05) is 18.4 Å². The maximum absolute atomic E-state index is 12.4. The van der Waals surface area contributed by atoms with Gasteiger partial charge in [0.15, 0.2) is 0 Å². The third kappa shape index (κ3) is 4.85. The van der Waals surface area contributed by atoms with Gasteiger partial charge in [0.05, 0.1) is 0 Å². The smallest absolute Gasteiger partial charge is 0.317 e. The molecule has 1 aromatic rings. The molecule has 1 aliphatic heterocycles. The Kier molecular flexibility index (Phi) is 5.72. The molecule has 2 N–H and O–H groups in total. The van der Waals surface area contributed by atoms with Gasteiger partial charge in [0, 0.05) is 31.4 Å². The van der Waals surface area contributed by atoms with Crippen molar-refractivity contribution in [1.29, 1.82) is 0 Å². The van der Waals surface area contributed by atoms with E-state index in [-0.39, 0.29) is 6.03 Å². The Morgan fingerprint density at radius 2 is 1.70 bits per heavy atom. The van der Waals surface area contributed by atoms with Gasteiger partial charge in [-0.3, -0.25) is 0 Å². The van der Waals surface area contributed by atoms with Crippen LogP contribution in [0.3, 0.4) is 0 Å². The highest BCUT2D eigenvalue weighted by Crippen LogP contribution is 2.22. The third-order valence-electron chi connectivity index (χ3n) is 4.96. The van der Waals surface area contributed by atoms with E-state index in [0.29, 0.717) is 12.1 Å². The number of pyridine rings is 1. The lowest BCUT2D eigenvalue weighted by Gasteiger charge is -2.31. The Balaban J connectivity index is 1.41. The van der Waals surface area contributed by atoms with Crippen LogP contribution in [-0.2, 0) is 0 Å². The first kappa shape index (κ1) is 16.1. The lowest BCUT2D eigenvalue weighted by atomic mass is 9.91. The number of amides is 2. The second kappa shape index (κ2) is 8.18. The standard InChI is InChI=1S/C18H28N4O/c23-18(22-13-5-1-2-6-14-22)21-16-10-8-15(9-11-16)20-17-7-3-4-12-19-17/h3-4,7,12,15-16H,1-2,5-6,8-11,13-14H2,(H,19,20)(H,21,23). The van der Waals surface area contributed by atoms with Crippen molar-refractivity contribution >= 4 is 11.8 Å². The van der Waals surface area contributed by atoms with E-state index in [9.17, 15) is 4.79 Å². The van der Waals surface area contributed by atoms with Crippen LogP contribution in [0.5, 0.6) is 0 Å². The minimum absolute atomic E-state index is 0.146. The van der Waals surface area contributed by atoms with Crippen molar-refractivity contribution in [3.8, 4) is 0 Å². The molecule has 2 heterocycles. The van der Waals surface area contributed by atoms with E-state index in [1.165, 1.54) is 12.8 Å². The van der Waals surface area contributed by atoms with Crippen molar-refractivity contribution in [2.45, 2.75) is 63.5 Å². The summed E-state index contributed by atoms with van der Waals surface area (Å²) in [6, 6.07) is 6.88. The summed E-state index contributed by atoms with van der Waals surface area (Å²) < 4.78 is 0. The minimum Gasteiger partial charge on any atom is -0.367 e. The molecule has 0 radical (unpaired) electrons. The highest BCUT2D eigenvalue weighted by atomic mass is 16.2. The zero-order valence-electron chi connectivity index (χ0n) is 13.8. The van der Waals surface area contributed by atoms with Crippen LogP contribution in [0.1, 0.15) is 51.4 Å². The molecule has 5 heteroatoms. The molecule has 3 rings (SSSR count). The fraction of sp³-hybridized carbons (Fsp3) is 0.667. The molecular weight excluding hydrogens is 288 g/mol. The number of hydrogen-bond donors (Lipinski definition) is 2. The highest BCUT2D eigenvalue weighted by Gasteiger charge is 2.24. The number of rotatable bonds is 3. The van der Waals surface area contributed by atoms with E-state index < -0.39 is 0 Å². The van der Waals surface area contributed by atoms with Gasteiger partial charge < -0.3 is 15.5 Å². The quantitative estimate of drug-likeness (QED) is 0.898. The van der Waals surface area contributed by atoms with Crippen LogP contribution in [0.15, 0.2) is 24.4 Å². The second-order valence-electron chi connectivity index (χ2n) is 6.76. The van der Waals surface area contributed by atoms with Crippen molar-refractivity contribution in [1.82, 2.24) is 15.2 Å². The van der Waals surface area contributed by atoms with Crippen LogP contribution >= 0.6 is 0 Å². The van der Waals surface area contributed by atoms with Gasteiger partial charge in [-0.25, -0.2) is 9.78 Å². The number of aromatic nitrogens is 1. The molecule has 0 bridgehead atoms. The molecule has 2 fully saturated rings. The average molecular weight is 316 g/mol. The molecule has 0 aromatic carbocycles.